The van der Waals surface area contributed by atoms with Crippen LogP contribution < -0.4 is 0 Å². The molecule has 0 unspecified atom stereocenters. The normalized spacial score (nSPS) is 18.7. The highest BCUT2D eigenvalue weighted by atomic mass is 19.1. The van der Waals surface area contributed by atoms with Crippen molar-refractivity contribution in [2.75, 3.05) is 26.2 Å². The van der Waals surface area contributed by atoms with Gasteiger partial charge in [0.25, 0.3) is 5.91 Å². The predicted molar refractivity (Wildman–Crippen MR) is 110 cm³/mol. The molecule has 0 atom stereocenters. The van der Waals surface area contributed by atoms with Crippen molar-refractivity contribution < 1.29 is 14.0 Å². The number of hydrogen-bond acceptors (Lipinski definition) is 2. The lowest BCUT2D eigenvalue weighted by Crippen LogP contribution is -2.46. The predicted octanol–water partition coefficient (Wildman–Crippen LogP) is 4.08. The molecular formula is C24H27FN2O2. The third-order valence-corrected chi connectivity index (χ3v) is 6.31. The summed E-state index contributed by atoms with van der Waals surface area (Å²) in [5.41, 5.74) is 1.47. The summed E-state index contributed by atoms with van der Waals surface area (Å²) >= 11 is 0. The van der Waals surface area contributed by atoms with Crippen molar-refractivity contribution in [1.82, 2.24) is 9.80 Å². The molecule has 29 heavy (non-hydrogen) atoms. The quantitative estimate of drug-likeness (QED) is 0.787. The van der Waals surface area contributed by atoms with Crippen LogP contribution in [0.5, 0.6) is 0 Å². The summed E-state index contributed by atoms with van der Waals surface area (Å²) in [6.07, 6.45) is 3.30. The van der Waals surface area contributed by atoms with Gasteiger partial charge in [-0.2, -0.15) is 0 Å². The first-order valence-electron chi connectivity index (χ1n) is 10.5. The highest BCUT2D eigenvalue weighted by Gasteiger charge is 2.32. The summed E-state index contributed by atoms with van der Waals surface area (Å²) < 4.78 is 13.9. The Balaban J connectivity index is 1.28. The Morgan fingerprint density at radius 2 is 1.34 bits per heavy atom. The Morgan fingerprint density at radius 1 is 0.759 bits per heavy atom. The number of piperidine rings is 2. The Morgan fingerprint density at radius 3 is 2.00 bits per heavy atom. The molecule has 2 fully saturated rings. The number of amides is 2. The molecule has 2 aromatic rings. The van der Waals surface area contributed by atoms with Gasteiger partial charge in [-0.1, -0.05) is 42.5 Å². The van der Waals surface area contributed by atoms with Crippen molar-refractivity contribution in [3.8, 4) is 0 Å². The minimum absolute atomic E-state index is 0.0343. The van der Waals surface area contributed by atoms with Crippen LogP contribution in [-0.4, -0.2) is 47.8 Å². The maximum atomic E-state index is 13.9. The van der Waals surface area contributed by atoms with Gasteiger partial charge in [-0.15, -0.1) is 0 Å². The van der Waals surface area contributed by atoms with Crippen LogP contribution >= 0.6 is 0 Å². The molecule has 2 saturated heterocycles. The van der Waals surface area contributed by atoms with Gasteiger partial charge in [-0.3, -0.25) is 9.59 Å². The van der Waals surface area contributed by atoms with Gasteiger partial charge in [0.1, 0.15) is 5.82 Å². The number of benzene rings is 2. The van der Waals surface area contributed by atoms with Crippen LogP contribution in [-0.2, 0) is 4.79 Å². The molecule has 2 aliphatic heterocycles. The fraction of sp³-hybridized carbons (Fsp3) is 0.417. The number of rotatable bonds is 3. The molecule has 0 bridgehead atoms. The number of nitrogens with zero attached hydrogens (tertiary/aromatic N) is 2. The molecule has 2 aliphatic rings. The number of hydrogen-bond donors (Lipinski definition) is 0. The van der Waals surface area contributed by atoms with Crippen molar-refractivity contribution in [2.24, 2.45) is 5.92 Å². The fourth-order valence-electron chi connectivity index (χ4n) is 4.55. The molecular weight excluding hydrogens is 367 g/mol. The fourth-order valence-corrected chi connectivity index (χ4v) is 4.55. The third-order valence-electron chi connectivity index (χ3n) is 6.31. The lowest BCUT2D eigenvalue weighted by atomic mass is 9.88. The average molecular weight is 394 g/mol. The van der Waals surface area contributed by atoms with Gasteiger partial charge in [0.05, 0.1) is 5.56 Å². The van der Waals surface area contributed by atoms with E-state index in [0.29, 0.717) is 31.8 Å². The Kier molecular flexibility index (Phi) is 5.93. The van der Waals surface area contributed by atoms with Gasteiger partial charge in [0.15, 0.2) is 0 Å². The second-order valence-electron chi connectivity index (χ2n) is 8.06. The first-order chi connectivity index (χ1) is 14.1. The minimum Gasteiger partial charge on any atom is -0.342 e. The van der Waals surface area contributed by atoms with Crippen LogP contribution in [0.3, 0.4) is 0 Å². The Hall–Kier alpha value is -2.69. The largest absolute Gasteiger partial charge is 0.342 e. The van der Waals surface area contributed by atoms with Crippen molar-refractivity contribution in [2.45, 2.75) is 31.6 Å². The Labute approximate surface area is 171 Å². The van der Waals surface area contributed by atoms with Crippen LogP contribution in [0.2, 0.25) is 0 Å². The van der Waals surface area contributed by atoms with E-state index in [-0.39, 0.29) is 23.3 Å². The Bertz CT molecular complexity index is 854. The zero-order valence-corrected chi connectivity index (χ0v) is 16.6. The lowest BCUT2D eigenvalue weighted by molar-refractivity contribution is -0.138. The summed E-state index contributed by atoms with van der Waals surface area (Å²) in [4.78, 5) is 29.2. The van der Waals surface area contributed by atoms with E-state index in [2.05, 4.69) is 24.3 Å². The van der Waals surface area contributed by atoms with Gasteiger partial charge in [0.2, 0.25) is 5.91 Å². The molecule has 0 N–H and O–H groups in total. The molecule has 0 saturated carbocycles. The van der Waals surface area contributed by atoms with Gasteiger partial charge < -0.3 is 9.80 Å². The van der Waals surface area contributed by atoms with Crippen LogP contribution in [0.4, 0.5) is 4.39 Å². The van der Waals surface area contributed by atoms with Crippen molar-refractivity contribution in [3.05, 3.63) is 71.5 Å². The smallest absolute Gasteiger partial charge is 0.256 e. The number of carbonyl (C=O) groups excluding carboxylic acids is 2. The van der Waals surface area contributed by atoms with Crippen LogP contribution in [0.25, 0.3) is 0 Å². The van der Waals surface area contributed by atoms with E-state index in [9.17, 15) is 14.0 Å². The summed E-state index contributed by atoms with van der Waals surface area (Å²) in [7, 11) is 0. The zero-order valence-electron chi connectivity index (χ0n) is 16.6. The first kappa shape index (κ1) is 19.6. The van der Waals surface area contributed by atoms with Gasteiger partial charge >= 0.3 is 0 Å². The van der Waals surface area contributed by atoms with Gasteiger partial charge in [-0.25, -0.2) is 4.39 Å². The van der Waals surface area contributed by atoms with E-state index >= 15 is 0 Å². The second kappa shape index (κ2) is 8.76. The molecule has 4 nitrogen and oxygen atoms in total. The number of carbonyl (C=O) groups is 2. The maximum Gasteiger partial charge on any atom is 0.256 e. The monoisotopic (exact) mass is 394 g/mol. The summed E-state index contributed by atoms with van der Waals surface area (Å²) in [5.74, 6) is -0.0578. The summed E-state index contributed by atoms with van der Waals surface area (Å²) in [6, 6.07) is 16.6. The van der Waals surface area contributed by atoms with Crippen molar-refractivity contribution >= 4 is 11.8 Å². The van der Waals surface area contributed by atoms with E-state index < -0.39 is 5.82 Å². The van der Waals surface area contributed by atoms with E-state index in [1.54, 1.807) is 17.0 Å². The molecule has 2 aromatic carbocycles. The summed E-state index contributed by atoms with van der Waals surface area (Å²) in [5, 5.41) is 0. The minimum atomic E-state index is -0.489. The van der Waals surface area contributed by atoms with E-state index in [1.165, 1.54) is 17.7 Å². The molecule has 0 spiro atoms. The van der Waals surface area contributed by atoms with Crippen LogP contribution in [0.1, 0.15) is 47.5 Å². The number of likely N-dealkylation sites (tertiary alicyclic amines) is 2. The second-order valence-corrected chi connectivity index (χ2v) is 8.06. The highest BCUT2D eigenvalue weighted by Crippen LogP contribution is 2.30. The molecule has 2 amide bonds. The average Bonchev–Trinajstić information content (AvgIpc) is 2.79. The standard InChI is InChI=1S/C24H27FN2O2/c25-22-9-5-4-8-21(22)24(29)27-16-12-20(13-17-27)23(28)26-14-10-19(11-15-26)18-6-2-1-3-7-18/h1-9,19-20H,10-17H2. The van der Waals surface area contributed by atoms with E-state index in [4.69, 9.17) is 0 Å². The van der Waals surface area contributed by atoms with Crippen molar-refractivity contribution in [3.63, 3.8) is 0 Å². The molecule has 4 rings (SSSR count). The third kappa shape index (κ3) is 4.34. The molecule has 0 aromatic heterocycles. The molecule has 0 radical (unpaired) electrons. The molecule has 0 aliphatic carbocycles. The van der Waals surface area contributed by atoms with E-state index in [1.807, 2.05) is 11.0 Å². The summed E-state index contributed by atoms with van der Waals surface area (Å²) in [6.45, 7) is 2.60. The molecule has 152 valence electrons. The van der Waals surface area contributed by atoms with Gasteiger partial charge in [0, 0.05) is 32.1 Å². The van der Waals surface area contributed by atoms with Crippen LogP contribution in [0.15, 0.2) is 54.6 Å². The lowest BCUT2D eigenvalue weighted by Gasteiger charge is -2.37. The topological polar surface area (TPSA) is 40.6 Å². The van der Waals surface area contributed by atoms with Gasteiger partial charge in [-0.05, 0) is 49.3 Å². The SMILES string of the molecule is O=C(c1ccccc1F)N1CCC(C(=O)N2CCC(c3ccccc3)CC2)CC1. The molecule has 5 heteroatoms. The van der Waals surface area contributed by atoms with E-state index in [0.717, 1.165) is 25.9 Å². The zero-order chi connectivity index (χ0) is 20.2. The highest BCUT2D eigenvalue weighted by molar-refractivity contribution is 5.94. The maximum absolute atomic E-state index is 13.9. The van der Waals surface area contributed by atoms with Crippen molar-refractivity contribution in [1.29, 1.82) is 0 Å². The first-order valence-corrected chi connectivity index (χ1v) is 10.5. The molecule has 2 heterocycles. The number of halogens is 1. The van der Waals surface area contributed by atoms with Crippen LogP contribution in [0, 0.1) is 11.7 Å².